The van der Waals surface area contributed by atoms with Crippen LogP contribution in [-0.4, -0.2) is 19.9 Å². The molecule has 106 valence electrons. The van der Waals surface area contributed by atoms with Crippen molar-refractivity contribution in [3.05, 3.63) is 36.5 Å². The van der Waals surface area contributed by atoms with Crippen LogP contribution in [0, 0.1) is 10.7 Å². The van der Waals surface area contributed by atoms with E-state index in [2.05, 4.69) is 5.10 Å². The molecule has 3 N–H and O–H groups in total. The van der Waals surface area contributed by atoms with Crippen molar-refractivity contribution in [3.63, 3.8) is 0 Å². The van der Waals surface area contributed by atoms with E-state index in [-0.39, 0.29) is 5.69 Å². The highest BCUT2D eigenvalue weighted by Gasteiger charge is 2.66. The van der Waals surface area contributed by atoms with Crippen molar-refractivity contribution in [3.8, 4) is 5.40 Å². The highest BCUT2D eigenvalue weighted by Crippen LogP contribution is 2.55. The molecule has 5 nitrogen and oxygen atoms in total. The van der Waals surface area contributed by atoms with Crippen molar-refractivity contribution in [2.24, 2.45) is 0 Å². The topological polar surface area (TPSA) is 95.6 Å². The number of halogens is 3. The lowest BCUT2D eigenvalue weighted by Gasteiger charge is -2.36. The number of nitrogen functional groups attached to an aromatic ring is 1. The van der Waals surface area contributed by atoms with Gasteiger partial charge in [0.2, 0.25) is 0 Å². The molecule has 0 saturated heterocycles. The molecule has 1 heterocycles. The number of thiocyanates is 1. The Morgan fingerprint density at radius 3 is 2.40 bits per heavy atom. The van der Waals surface area contributed by atoms with Crippen molar-refractivity contribution in [2.75, 3.05) is 5.73 Å². The number of para-hydroxylation sites is 1. The number of aromatic nitrogens is 2. The monoisotopic (exact) mass is 302 g/mol. The third-order valence-corrected chi connectivity index (χ3v) is 6.36. The number of hydrogen-bond donors (Lipinski definition) is 2. The van der Waals surface area contributed by atoms with Crippen LogP contribution >= 0.6 is 0 Å². The predicted molar refractivity (Wildman–Crippen MR) is 65.8 cm³/mol. The zero-order valence-electron chi connectivity index (χ0n) is 9.89. The van der Waals surface area contributed by atoms with Gasteiger partial charge in [-0.3, -0.25) is 5.10 Å². The third kappa shape index (κ3) is 1.48. The lowest BCUT2D eigenvalue weighted by molar-refractivity contribution is -0.0445. The molecule has 0 unspecified atom stereocenters. The SMILES string of the molecule is N#CS(=O)(c1ccn[nH]1)(c1ccccc1N)C(F)(F)F. The minimum atomic E-state index is -6.09. The summed E-state index contributed by atoms with van der Waals surface area (Å²) in [6.45, 7) is 0. The molecule has 1 aromatic heterocycles. The third-order valence-electron chi connectivity index (χ3n) is 2.85. The minimum Gasteiger partial charge on any atom is -0.398 e. The number of H-pyrrole nitrogens is 1. The molecule has 9 heteroatoms. The molecule has 0 radical (unpaired) electrons. The zero-order valence-corrected chi connectivity index (χ0v) is 10.7. The summed E-state index contributed by atoms with van der Waals surface area (Å²) in [5.41, 5.74) is -0.204. The van der Waals surface area contributed by atoms with Gasteiger partial charge in [-0.15, -0.1) is 0 Å². The molecule has 0 aliphatic rings. The number of hydrogen-bond acceptors (Lipinski definition) is 4. The maximum absolute atomic E-state index is 13.6. The summed E-state index contributed by atoms with van der Waals surface area (Å²) < 4.78 is 53.8. The maximum atomic E-state index is 13.6. The van der Waals surface area contributed by atoms with Gasteiger partial charge in [0.1, 0.15) is 14.1 Å². The van der Waals surface area contributed by atoms with Crippen molar-refractivity contribution < 1.29 is 17.4 Å². The second-order valence-electron chi connectivity index (χ2n) is 3.94. The molecule has 2 rings (SSSR count). The van der Waals surface area contributed by atoms with E-state index in [1.54, 1.807) is 0 Å². The molecule has 2 aromatic rings. The van der Waals surface area contributed by atoms with Gasteiger partial charge in [0.05, 0.1) is 4.90 Å². The summed E-state index contributed by atoms with van der Waals surface area (Å²) in [6.07, 6.45) is 0.991. The Hall–Kier alpha value is -2.34. The number of nitrogens with two attached hydrogens (primary N) is 1. The summed E-state index contributed by atoms with van der Waals surface area (Å²) in [6, 6.07) is 5.57. The molecule has 0 saturated carbocycles. The van der Waals surface area contributed by atoms with Gasteiger partial charge in [0.15, 0.2) is 5.40 Å². The fourth-order valence-electron chi connectivity index (χ4n) is 1.81. The smallest absolute Gasteiger partial charge is 0.398 e. The molecule has 0 aliphatic heterocycles. The van der Waals surface area contributed by atoms with Crippen LogP contribution in [0.5, 0.6) is 0 Å². The zero-order chi connectivity index (χ0) is 15.0. The number of anilines is 1. The van der Waals surface area contributed by atoms with Crippen molar-refractivity contribution >= 4 is 14.8 Å². The lowest BCUT2D eigenvalue weighted by Crippen LogP contribution is -2.47. The molecule has 20 heavy (non-hydrogen) atoms. The second-order valence-corrected chi connectivity index (χ2v) is 7.36. The Balaban J connectivity index is 3.02. The molecule has 0 amide bonds. The van der Waals surface area contributed by atoms with E-state index in [9.17, 15) is 22.6 Å². The summed E-state index contributed by atoms with van der Waals surface area (Å²) in [5.74, 6) is 0. The minimum absolute atomic E-state index is 0.377. The molecule has 0 aliphatic carbocycles. The van der Waals surface area contributed by atoms with Gasteiger partial charge in [0, 0.05) is 11.9 Å². The van der Waals surface area contributed by atoms with Crippen molar-refractivity contribution in [2.45, 2.75) is 15.4 Å². The van der Waals surface area contributed by atoms with E-state index in [0.29, 0.717) is 0 Å². The van der Waals surface area contributed by atoms with E-state index in [4.69, 9.17) is 5.73 Å². The van der Waals surface area contributed by atoms with Gasteiger partial charge in [-0.25, -0.2) is 4.21 Å². The fourth-order valence-corrected chi connectivity index (χ4v) is 4.25. The number of rotatable bonds is 2. The van der Waals surface area contributed by atoms with Gasteiger partial charge < -0.3 is 5.73 Å². The molecule has 0 atom stereocenters. The molecule has 0 spiro atoms. The Morgan fingerprint density at radius 1 is 1.30 bits per heavy atom. The number of nitrogens with zero attached hydrogens (tertiary/aromatic N) is 2. The second kappa shape index (κ2) is 4.08. The van der Waals surface area contributed by atoms with Gasteiger partial charge in [0.25, 0.3) is 0 Å². The quantitative estimate of drug-likeness (QED) is 0.657. The standard InChI is InChI=1S/C11H9F3N4OS/c12-11(13,14)20(19,7-15,10-5-6-17-18-10)9-4-2-1-3-8(9)16/h1-6H,16H2,(H,17,18). The fraction of sp³-hybridized carbons (Fsp3) is 0.0909. The van der Waals surface area contributed by atoms with Crippen LogP contribution in [0.1, 0.15) is 0 Å². The maximum Gasteiger partial charge on any atom is 0.472 e. The normalized spacial score (nSPS) is 14.2. The first-order valence-electron chi connectivity index (χ1n) is 5.24. The first-order chi connectivity index (χ1) is 9.25. The highest BCUT2D eigenvalue weighted by atomic mass is 32.3. The van der Waals surface area contributed by atoms with Crippen LogP contribution in [0.4, 0.5) is 18.9 Å². The number of nitriles is 1. The van der Waals surface area contributed by atoms with E-state index >= 15 is 0 Å². The molecule has 0 fully saturated rings. The first-order valence-corrected chi connectivity index (χ1v) is 7.21. The average Bonchev–Trinajstić information content (AvgIpc) is 2.92. The van der Waals surface area contributed by atoms with Crippen LogP contribution < -0.4 is 5.73 Å². The van der Waals surface area contributed by atoms with Crippen LogP contribution in [-0.2, 0) is 9.07 Å². The van der Waals surface area contributed by atoms with Gasteiger partial charge in [-0.1, -0.05) is 12.1 Å². The van der Waals surface area contributed by atoms with Crippen molar-refractivity contribution in [1.82, 2.24) is 10.2 Å². The van der Waals surface area contributed by atoms with Gasteiger partial charge in [-0.05, 0) is 18.2 Å². The van der Waals surface area contributed by atoms with Crippen LogP contribution in [0.3, 0.4) is 0 Å². The number of nitrogens with one attached hydrogen (secondary N) is 1. The van der Waals surface area contributed by atoms with Crippen LogP contribution in [0.15, 0.2) is 46.5 Å². The van der Waals surface area contributed by atoms with Crippen molar-refractivity contribution in [1.29, 1.82) is 5.26 Å². The number of aromatic amines is 1. The molecule has 1 aromatic carbocycles. The van der Waals surface area contributed by atoms with Gasteiger partial charge >= 0.3 is 5.51 Å². The Morgan fingerprint density at radius 2 is 1.95 bits per heavy atom. The Bertz CT molecular complexity index is 748. The predicted octanol–water partition coefficient (Wildman–Crippen LogP) is 2.23. The molecular weight excluding hydrogens is 293 g/mol. The summed E-state index contributed by atoms with van der Waals surface area (Å²) in [7, 11) is -6.09. The van der Waals surface area contributed by atoms with E-state index in [1.165, 1.54) is 12.1 Å². The van der Waals surface area contributed by atoms with Crippen LogP contribution in [0.25, 0.3) is 0 Å². The largest absolute Gasteiger partial charge is 0.472 e. The van der Waals surface area contributed by atoms with Gasteiger partial charge in [-0.2, -0.15) is 23.5 Å². The van der Waals surface area contributed by atoms with E-state index in [1.807, 2.05) is 5.10 Å². The molecule has 0 bridgehead atoms. The average molecular weight is 302 g/mol. The highest BCUT2D eigenvalue weighted by molar-refractivity contribution is 8.24. The summed E-state index contributed by atoms with van der Waals surface area (Å²) >= 11 is 0. The first kappa shape index (κ1) is 14.1. The summed E-state index contributed by atoms with van der Waals surface area (Å²) in [5, 5.41) is 14.7. The molecular formula is C11H9F3N4OS. The Kier molecular flexibility index (Phi) is 2.87. The number of benzene rings is 1. The Labute approximate surface area is 111 Å². The summed E-state index contributed by atoms with van der Waals surface area (Å²) in [4.78, 5) is -0.774. The number of alkyl halides is 3. The van der Waals surface area contributed by atoms with E-state index in [0.717, 1.165) is 29.8 Å². The van der Waals surface area contributed by atoms with Crippen LogP contribution in [0.2, 0.25) is 0 Å². The van der Waals surface area contributed by atoms with E-state index < -0.39 is 24.5 Å². The lowest BCUT2D eigenvalue weighted by atomic mass is 10.3.